The van der Waals surface area contributed by atoms with E-state index in [-0.39, 0.29) is 45.5 Å². The van der Waals surface area contributed by atoms with E-state index in [1.807, 2.05) is 0 Å². The minimum Gasteiger partial charge on any atom is -0.478 e. The first-order chi connectivity index (χ1) is 15.5. The van der Waals surface area contributed by atoms with Gasteiger partial charge in [0.05, 0.1) is 11.1 Å². The molecule has 1 aromatic rings. The summed E-state index contributed by atoms with van der Waals surface area (Å²) < 4.78 is 6.23. The molecule has 190 valence electrons. The maximum absolute atomic E-state index is 13.7. The van der Waals surface area contributed by atoms with Crippen molar-refractivity contribution in [3.05, 3.63) is 34.9 Å². The highest BCUT2D eigenvalue weighted by Gasteiger charge is 2.52. The number of ether oxygens (including phenoxy) is 1. The number of hydrogen-bond donors (Lipinski definition) is 1. The van der Waals surface area contributed by atoms with Gasteiger partial charge in [-0.2, -0.15) is 0 Å². The summed E-state index contributed by atoms with van der Waals surface area (Å²) >= 11 is 0. The highest BCUT2D eigenvalue weighted by molar-refractivity contribution is 5.94. The number of carboxylic acids is 1. The van der Waals surface area contributed by atoms with Crippen LogP contribution in [0.1, 0.15) is 100 Å². The molecule has 1 aromatic carbocycles. The van der Waals surface area contributed by atoms with Gasteiger partial charge in [-0.15, -0.1) is 0 Å². The Kier molecular flexibility index (Phi) is 6.77. The topological polar surface area (TPSA) is 70.1 Å². The van der Waals surface area contributed by atoms with Gasteiger partial charge >= 0.3 is 11.9 Å². The van der Waals surface area contributed by atoms with Gasteiger partial charge < -0.3 is 19.6 Å². The Bertz CT molecular complexity index is 963. The molecular formula is C28H44N2O4. The van der Waals surface area contributed by atoms with Crippen molar-refractivity contribution in [2.45, 2.75) is 91.3 Å². The average Bonchev–Trinajstić information content (AvgIpc) is 2.73. The average molecular weight is 473 g/mol. The molecule has 1 N–H and O–H groups in total. The summed E-state index contributed by atoms with van der Waals surface area (Å²) in [6.07, 6.45) is 1.40. The first kappa shape index (κ1) is 26.7. The number of rotatable bonds is 4. The van der Waals surface area contributed by atoms with Crippen LogP contribution >= 0.6 is 0 Å². The second kappa shape index (κ2) is 8.63. The molecule has 3 rings (SSSR count). The molecule has 0 aromatic heterocycles. The van der Waals surface area contributed by atoms with Crippen molar-refractivity contribution in [1.29, 1.82) is 0 Å². The third kappa shape index (κ3) is 4.07. The van der Waals surface area contributed by atoms with E-state index in [0.717, 1.165) is 31.5 Å². The van der Waals surface area contributed by atoms with Crippen molar-refractivity contribution in [2.24, 2.45) is 10.8 Å². The van der Waals surface area contributed by atoms with Crippen LogP contribution in [0.2, 0.25) is 0 Å². The lowest BCUT2D eigenvalue weighted by molar-refractivity contribution is -0.110. The third-order valence-corrected chi connectivity index (χ3v) is 10.4. The molecule has 2 unspecified atom stereocenters. The van der Waals surface area contributed by atoms with Crippen molar-refractivity contribution >= 4 is 11.9 Å². The van der Waals surface area contributed by atoms with Crippen molar-refractivity contribution in [3.63, 3.8) is 0 Å². The quantitative estimate of drug-likeness (QED) is 0.602. The predicted octanol–water partition coefficient (Wildman–Crippen LogP) is 5.27. The Balaban J connectivity index is 2.03. The summed E-state index contributed by atoms with van der Waals surface area (Å²) in [4.78, 5) is 30.2. The van der Waals surface area contributed by atoms with Gasteiger partial charge in [0.1, 0.15) is 6.10 Å². The molecule has 0 bridgehead atoms. The number of benzene rings is 1. The molecule has 2 heterocycles. The zero-order valence-corrected chi connectivity index (χ0v) is 22.8. The fourth-order valence-electron chi connectivity index (χ4n) is 5.83. The van der Waals surface area contributed by atoms with E-state index in [9.17, 15) is 14.7 Å². The van der Waals surface area contributed by atoms with Crippen LogP contribution in [0.5, 0.6) is 0 Å². The molecule has 34 heavy (non-hydrogen) atoms. The van der Waals surface area contributed by atoms with Gasteiger partial charge in [0.2, 0.25) is 0 Å². The van der Waals surface area contributed by atoms with Crippen molar-refractivity contribution in [1.82, 2.24) is 9.80 Å². The fraction of sp³-hybridized carbons (Fsp3) is 0.714. The number of carbonyl (C=O) groups excluding carboxylic acids is 1. The lowest BCUT2D eigenvalue weighted by Gasteiger charge is -2.56. The molecule has 0 radical (unpaired) electrons. The van der Waals surface area contributed by atoms with E-state index < -0.39 is 5.97 Å². The number of carbonyl (C=O) groups is 2. The van der Waals surface area contributed by atoms with Crippen LogP contribution in [0.15, 0.2) is 18.2 Å². The number of aromatic carboxylic acids is 1. The first-order valence-corrected chi connectivity index (χ1v) is 12.5. The Morgan fingerprint density at radius 2 is 1.41 bits per heavy atom. The van der Waals surface area contributed by atoms with Crippen LogP contribution in [0.4, 0.5) is 0 Å². The monoisotopic (exact) mass is 472 g/mol. The van der Waals surface area contributed by atoms with Crippen LogP contribution in [0.3, 0.4) is 0 Å². The number of carboxylic acid groups (broad SMARTS) is 1. The summed E-state index contributed by atoms with van der Waals surface area (Å²) in [5, 5.41) is 9.70. The highest BCUT2D eigenvalue weighted by Crippen LogP contribution is 2.52. The van der Waals surface area contributed by atoms with E-state index in [0.29, 0.717) is 5.56 Å². The molecule has 6 nitrogen and oxygen atoms in total. The minimum absolute atomic E-state index is 0.0301. The van der Waals surface area contributed by atoms with Gasteiger partial charge in [-0.25, -0.2) is 9.59 Å². The number of piperidine rings is 2. The van der Waals surface area contributed by atoms with Crippen LogP contribution in [-0.2, 0) is 4.74 Å². The van der Waals surface area contributed by atoms with Gasteiger partial charge in [-0.05, 0) is 96.3 Å². The van der Waals surface area contributed by atoms with Gasteiger partial charge in [0.25, 0.3) is 0 Å². The maximum atomic E-state index is 13.7. The minimum atomic E-state index is -0.982. The summed E-state index contributed by atoms with van der Waals surface area (Å²) in [7, 11) is 4.25. The van der Waals surface area contributed by atoms with Crippen molar-refractivity contribution in [2.75, 3.05) is 27.2 Å². The van der Waals surface area contributed by atoms with Gasteiger partial charge in [-0.3, -0.25) is 0 Å². The Labute approximate surface area is 205 Å². The van der Waals surface area contributed by atoms with Crippen molar-refractivity contribution < 1.29 is 19.4 Å². The van der Waals surface area contributed by atoms with Gasteiger partial charge in [0.15, 0.2) is 0 Å². The molecule has 0 saturated carbocycles. The van der Waals surface area contributed by atoms with E-state index >= 15 is 0 Å². The van der Waals surface area contributed by atoms with Gasteiger partial charge in [0, 0.05) is 23.0 Å². The van der Waals surface area contributed by atoms with Crippen LogP contribution in [0, 0.1) is 10.8 Å². The molecule has 2 fully saturated rings. The SMILES string of the molecule is CN1CCC(OC(=O)c2ccc(C(=O)O)cc2C2CCN(C)C(C)(C)C2(C)C)C(C)(C)C1(C)C. The fourth-order valence-corrected chi connectivity index (χ4v) is 5.83. The van der Waals surface area contributed by atoms with Crippen molar-refractivity contribution in [3.8, 4) is 0 Å². The standard InChI is InChI=1S/C28H44N2O4/c1-25(2)21(13-15-29(9)27(25,5)6)20-17-18(23(31)32)11-12-19(20)24(33)34-22-14-16-30(10)28(7,8)26(22,3)4/h11-12,17,21-22H,13-16H2,1-10H3,(H,31,32). The molecule has 2 saturated heterocycles. The molecule has 0 amide bonds. The Morgan fingerprint density at radius 3 is 1.97 bits per heavy atom. The number of likely N-dealkylation sites (tertiary alicyclic amines) is 2. The van der Waals surface area contributed by atoms with Crippen LogP contribution in [-0.4, -0.2) is 71.2 Å². The first-order valence-electron chi connectivity index (χ1n) is 12.5. The smallest absolute Gasteiger partial charge is 0.338 e. The largest absolute Gasteiger partial charge is 0.478 e. The number of hydrogen-bond acceptors (Lipinski definition) is 5. The second-order valence-corrected chi connectivity index (χ2v) is 12.5. The highest BCUT2D eigenvalue weighted by atomic mass is 16.5. The zero-order chi connectivity index (χ0) is 25.9. The van der Waals surface area contributed by atoms with E-state index in [1.165, 1.54) is 6.07 Å². The lowest BCUT2D eigenvalue weighted by atomic mass is 9.59. The third-order valence-electron chi connectivity index (χ3n) is 10.4. The molecule has 2 atom stereocenters. The van der Waals surface area contributed by atoms with E-state index in [2.05, 4.69) is 79.3 Å². The molecule has 2 aliphatic rings. The van der Waals surface area contributed by atoms with E-state index in [1.54, 1.807) is 12.1 Å². The Morgan fingerprint density at radius 1 is 0.882 bits per heavy atom. The number of nitrogens with zero attached hydrogens (tertiary/aromatic N) is 2. The Hall–Kier alpha value is -1.92. The zero-order valence-electron chi connectivity index (χ0n) is 22.8. The summed E-state index contributed by atoms with van der Waals surface area (Å²) in [6, 6.07) is 4.89. The molecular weight excluding hydrogens is 428 g/mol. The summed E-state index contributed by atoms with van der Waals surface area (Å²) in [5.41, 5.74) is 0.798. The number of esters is 1. The van der Waals surface area contributed by atoms with Crippen LogP contribution < -0.4 is 0 Å². The maximum Gasteiger partial charge on any atom is 0.338 e. The molecule has 0 aliphatic carbocycles. The van der Waals surface area contributed by atoms with E-state index in [4.69, 9.17) is 4.74 Å². The van der Waals surface area contributed by atoms with Crippen LogP contribution in [0.25, 0.3) is 0 Å². The normalized spacial score (nSPS) is 28.3. The second-order valence-electron chi connectivity index (χ2n) is 12.5. The molecule has 2 aliphatic heterocycles. The predicted molar refractivity (Wildman–Crippen MR) is 136 cm³/mol. The summed E-state index contributed by atoms with van der Waals surface area (Å²) in [5.74, 6) is -1.30. The lowest BCUT2D eigenvalue weighted by Crippen LogP contribution is -2.62. The van der Waals surface area contributed by atoms with Gasteiger partial charge in [-0.1, -0.05) is 27.7 Å². The summed E-state index contributed by atoms with van der Waals surface area (Å²) in [6.45, 7) is 19.3. The molecule has 0 spiro atoms. The molecule has 6 heteroatoms.